The number of nitrogens with zero attached hydrogens (tertiary/aromatic N) is 9. The van der Waals surface area contributed by atoms with Crippen molar-refractivity contribution in [1.29, 1.82) is 0 Å². The Morgan fingerprint density at radius 3 is 1.30 bits per heavy atom. The Balaban J connectivity index is 0.000000125. The van der Waals surface area contributed by atoms with Crippen molar-refractivity contribution < 1.29 is 28.6 Å². The molecule has 11 aliphatic heterocycles. The molecule has 1 aliphatic carbocycles. The molecule has 14 rings (SSSR count). The van der Waals surface area contributed by atoms with Gasteiger partial charge in [0.05, 0.1) is 26.0 Å². The van der Waals surface area contributed by atoms with Gasteiger partial charge < -0.3 is 38.7 Å². The number of piperidine rings is 5. The zero-order valence-corrected chi connectivity index (χ0v) is 60.1. The lowest BCUT2D eigenvalue weighted by Crippen LogP contribution is -2.50. The van der Waals surface area contributed by atoms with Gasteiger partial charge in [-0.25, -0.2) is 19.6 Å². The van der Waals surface area contributed by atoms with Crippen molar-refractivity contribution in [2.24, 2.45) is 76.4 Å². The summed E-state index contributed by atoms with van der Waals surface area (Å²) in [6, 6.07) is 5.76. The molecular weight excluding hydrogens is 1150 g/mol. The van der Waals surface area contributed by atoms with Crippen LogP contribution in [0.5, 0.6) is 0 Å². The van der Waals surface area contributed by atoms with E-state index in [9.17, 15) is 14.4 Å². The molecule has 91 heavy (non-hydrogen) atoms. The molecule has 0 spiro atoms. The highest BCUT2D eigenvalue weighted by Crippen LogP contribution is 2.48. The largest absolute Gasteiger partial charge is 0.449 e. The van der Waals surface area contributed by atoms with Gasteiger partial charge in [0, 0.05) is 109 Å². The van der Waals surface area contributed by atoms with E-state index in [-0.39, 0.29) is 17.6 Å². The van der Waals surface area contributed by atoms with E-state index in [0.717, 1.165) is 147 Å². The van der Waals surface area contributed by atoms with Crippen LogP contribution < -0.4 is 9.80 Å². The van der Waals surface area contributed by atoms with Crippen molar-refractivity contribution >= 4 is 40.6 Å². The van der Waals surface area contributed by atoms with Crippen molar-refractivity contribution in [1.82, 2.24) is 34.0 Å². The van der Waals surface area contributed by atoms with E-state index in [1.54, 1.807) is 17.7 Å². The molecule has 0 N–H and O–H groups in total. The van der Waals surface area contributed by atoms with Gasteiger partial charge in [-0.1, -0.05) is 103 Å². The first-order chi connectivity index (χ1) is 43.5. The van der Waals surface area contributed by atoms with Gasteiger partial charge in [-0.15, -0.1) is 0 Å². The molecule has 15 nitrogen and oxygen atoms in total. The van der Waals surface area contributed by atoms with Crippen molar-refractivity contribution in [2.45, 2.75) is 318 Å². The van der Waals surface area contributed by atoms with Gasteiger partial charge in [0.15, 0.2) is 0 Å². The second-order valence-electron chi connectivity index (χ2n) is 33.6. The molecule has 16 heteroatoms. The van der Waals surface area contributed by atoms with Crippen molar-refractivity contribution in [3.63, 3.8) is 0 Å². The molecular formula is C75H125N9O6S. The standard InChI is InChI=1S/C16H27NO3.C16H29NO2.C15H25NO.C14H23N3S.C14H21N3/c1-11(2)13-7-14-3-4-15(8-13)17(14)16(18)20-10-12-5-6-19-9-12;1-11(2)12-8-13-6-7-14(9-12)17(13)15(18)19-10-16(3,4)5;1-10(2)12-8-13-6-7-14(9-12)16(13)15(17)11-4-3-5-11;1-4-13-15-14(18-16-13)17-11-5-6-12(17)8-10(7-11)9(2)3;1-10(2)11-7-12-3-4-13(8-11)17(12)14-9-15-5-6-16-14/h11-15H,3-10H2,1-2H3;11-14H,6-10H2,1-5H3;10-14H,3-9H2,1-2H3;9-12H,4-8H2,1-3H3;5-6,9-13H,3-4,7-8H2,1-2H3. The smallest absolute Gasteiger partial charge is 0.410 e. The molecule has 11 unspecified atom stereocenters. The average molecular weight is 1280 g/mol. The lowest BCUT2D eigenvalue weighted by Gasteiger charge is -2.43. The summed E-state index contributed by atoms with van der Waals surface area (Å²) in [6.07, 6.45) is 36.1. The van der Waals surface area contributed by atoms with E-state index in [0.29, 0.717) is 79.3 Å². The molecule has 12 fully saturated rings. The lowest BCUT2D eigenvalue weighted by molar-refractivity contribution is -0.143. The molecule has 512 valence electrons. The summed E-state index contributed by atoms with van der Waals surface area (Å²) in [6.45, 7) is 34.4. The summed E-state index contributed by atoms with van der Waals surface area (Å²) in [5, 5.41) is 1.18. The van der Waals surface area contributed by atoms with Crippen LogP contribution in [0.3, 0.4) is 0 Å². The van der Waals surface area contributed by atoms with Gasteiger partial charge in [0.25, 0.3) is 0 Å². The summed E-state index contributed by atoms with van der Waals surface area (Å²) in [5.74, 6) is 11.5. The molecule has 2 aromatic heterocycles. The van der Waals surface area contributed by atoms with Crippen LogP contribution in [0.1, 0.15) is 257 Å². The van der Waals surface area contributed by atoms with Gasteiger partial charge in [0.2, 0.25) is 11.0 Å². The number of ether oxygens (including phenoxy) is 3. The molecule has 13 heterocycles. The van der Waals surface area contributed by atoms with E-state index < -0.39 is 0 Å². The van der Waals surface area contributed by atoms with Crippen molar-refractivity contribution in [3.8, 4) is 0 Å². The first-order valence-corrected chi connectivity index (χ1v) is 38.3. The minimum Gasteiger partial charge on any atom is -0.449 e. The quantitative estimate of drug-likeness (QED) is 0.199. The van der Waals surface area contributed by atoms with Gasteiger partial charge in [-0.3, -0.25) is 9.78 Å². The topological polar surface area (TPSA) is 147 Å². The lowest BCUT2D eigenvalue weighted by atomic mass is 9.80. The fourth-order valence-electron chi connectivity index (χ4n) is 18.6. The molecule has 11 saturated heterocycles. The predicted molar refractivity (Wildman–Crippen MR) is 367 cm³/mol. The summed E-state index contributed by atoms with van der Waals surface area (Å²) in [4.78, 5) is 62.0. The third kappa shape index (κ3) is 17.3. The van der Waals surface area contributed by atoms with E-state index in [1.165, 1.54) is 114 Å². The highest BCUT2D eigenvalue weighted by atomic mass is 32.1. The summed E-state index contributed by atoms with van der Waals surface area (Å²) < 4.78 is 20.8. The van der Waals surface area contributed by atoms with E-state index in [2.05, 4.69) is 131 Å². The number of hydrogen-bond acceptors (Lipinski definition) is 13. The second kappa shape index (κ2) is 31.4. The summed E-state index contributed by atoms with van der Waals surface area (Å²) in [5.41, 5.74) is 0.0466. The average Bonchev–Trinajstić information content (AvgIpc) is 1.84. The van der Waals surface area contributed by atoms with Crippen molar-refractivity contribution in [2.75, 3.05) is 36.2 Å². The van der Waals surface area contributed by atoms with Crippen LogP contribution in [0.25, 0.3) is 0 Å². The van der Waals surface area contributed by atoms with E-state index in [4.69, 9.17) is 19.2 Å². The number of hydrogen-bond donors (Lipinski definition) is 0. The number of carbonyl (C=O) groups excluding carboxylic acids is 3. The maximum absolute atomic E-state index is 12.4. The minimum atomic E-state index is -0.0790. The minimum absolute atomic E-state index is 0.0466. The Morgan fingerprint density at radius 2 is 0.945 bits per heavy atom. The number of aryl methyl sites for hydroxylation is 1. The predicted octanol–water partition coefficient (Wildman–Crippen LogP) is 16.7. The normalized spacial score (nSPS) is 33.7. The summed E-state index contributed by atoms with van der Waals surface area (Å²) in [7, 11) is 0. The maximum Gasteiger partial charge on any atom is 0.410 e. The second-order valence-corrected chi connectivity index (χ2v) is 34.4. The Bertz CT molecular complexity index is 2530. The Hall–Kier alpha value is -3.79. The molecule has 2 aromatic rings. The third-order valence-corrected chi connectivity index (χ3v) is 25.4. The molecule has 12 aliphatic rings. The number of anilines is 2. The molecule has 10 bridgehead atoms. The van der Waals surface area contributed by atoms with Gasteiger partial charge in [0.1, 0.15) is 11.6 Å². The fraction of sp³-hybridized carbons (Fsp3) is 0.880. The monoisotopic (exact) mass is 1280 g/mol. The number of rotatable bonds is 12. The number of amides is 3. The van der Waals surface area contributed by atoms with Crippen LogP contribution >= 0.6 is 11.5 Å². The van der Waals surface area contributed by atoms with E-state index >= 15 is 0 Å². The summed E-state index contributed by atoms with van der Waals surface area (Å²) >= 11 is 1.60. The van der Waals surface area contributed by atoms with Crippen LogP contribution in [0.2, 0.25) is 0 Å². The van der Waals surface area contributed by atoms with Gasteiger partial charge in [-0.2, -0.15) is 4.37 Å². The first-order valence-electron chi connectivity index (χ1n) is 37.5. The van der Waals surface area contributed by atoms with Crippen LogP contribution in [-0.2, 0) is 25.4 Å². The first kappa shape index (κ1) is 70.0. The zero-order valence-electron chi connectivity index (χ0n) is 59.3. The van der Waals surface area contributed by atoms with Crippen LogP contribution in [0.15, 0.2) is 18.6 Å². The Kier molecular flexibility index (Phi) is 24.2. The number of aromatic nitrogens is 4. The highest BCUT2D eigenvalue weighted by molar-refractivity contribution is 7.09. The molecule has 3 amide bonds. The molecule has 0 aromatic carbocycles. The van der Waals surface area contributed by atoms with E-state index in [1.807, 2.05) is 17.3 Å². The SMILES string of the molecule is CC(C)C1CC2CCC(C1)N2C(=O)C1CCC1.CC(C)C1CC2CCC(C1)N2C(=O)OCC(C)(C)C.CC(C)C1CC2CCC(C1)N2C(=O)OCC1CCOC1.CC(C)C1CC2CCC(C1)N2c1cnccn1.CCc1nsc(N2C3CCC2CC(C(C)C)C3)n1. The van der Waals surface area contributed by atoms with Gasteiger partial charge >= 0.3 is 12.2 Å². The Labute approximate surface area is 555 Å². The fourth-order valence-corrected chi connectivity index (χ4v) is 19.5. The van der Waals surface area contributed by atoms with Gasteiger partial charge in [-0.05, 0) is 212 Å². The maximum atomic E-state index is 12.4. The van der Waals surface area contributed by atoms with Crippen LogP contribution in [-0.4, -0.2) is 139 Å². The zero-order chi connectivity index (χ0) is 64.8. The van der Waals surface area contributed by atoms with Crippen molar-refractivity contribution in [3.05, 3.63) is 24.4 Å². The Morgan fingerprint density at radius 1 is 0.538 bits per heavy atom. The van der Waals surface area contributed by atoms with Crippen LogP contribution in [0, 0.1) is 76.4 Å². The third-order valence-electron chi connectivity index (χ3n) is 24.6. The molecule has 0 radical (unpaired) electrons. The molecule has 1 saturated carbocycles. The highest BCUT2D eigenvalue weighted by Gasteiger charge is 2.49. The number of fused-ring (bicyclic) bond motifs is 10. The van der Waals surface area contributed by atoms with Crippen LogP contribution in [0.4, 0.5) is 20.5 Å². The molecule has 11 atom stereocenters. The number of carbonyl (C=O) groups is 3.